The first-order valence-corrected chi connectivity index (χ1v) is 6.63. The molecular weight excluding hydrogens is 277 g/mol. The van der Waals surface area contributed by atoms with Gasteiger partial charge >= 0.3 is 6.18 Å². The van der Waals surface area contributed by atoms with Crippen molar-refractivity contribution >= 4 is 11.0 Å². The molecule has 0 aliphatic heterocycles. The number of rotatable bonds is 2. The number of alkyl halides is 3. The maximum absolute atomic E-state index is 12.8. The molecule has 1 aromatic heterocycles. The van der Waals surface area contributed by atoms with Gasteiger partial charge in [0.2, 0.25) is 0 Å². The van der Waals surface area contributed by atoms with E-state index in [1.54, 1.807) is 6.07 Å². The first-order chi connectivity index (χ1) is 10.0. The molecule has 21 heavy (non-hydrogen) atoms. The van der Waals surface area contributed by atoms with Crippen LogP contribution in [0.25, 0.3) is 22.4 Å². The Morgan fingerprint density at radius 1 is 1.05 bits per heavy atom. The summed E-state index contributed by atoms with van der Waals surface area (Å²) < 4.78 is 40.5. The summed E-state index contributed by atoms with van der Waals surface area (Å²) in [7, 11) is 0. The molecule has 0 radical (unpaired) electrons. The van der Waals surface area contributed by atoms with Crippen LogP contribution in [-0.4, -0.2) is 9.55 Å². The fourth-order valence-corrected chi connectivity index (χ4v) is 2.45. The standard InChI is InChI=1S/C16H13F3N2/c1-2-21-14-9-4-3-8-13(14)20-15(21)11-6-5-7-12(10-11)16(17,18)19/h3-10H,2H2,1H3. The van der Waals surface area contributed by atoms with E-state index in [0.29, 0.717) is 17.9 Å². The molecule has 2 nitrogen and oxygen atoms in total. The number of hydrogen-bond donors (Lipinski definition) is 0. The summed E-state index contributed by atoms with van der Waals surface area (Å²) in [4.78, 5) is 4.47. The van der Waals surface area contributed by atoms with Crippen molar-refractivity contribution in [1.82, 2.24) is 9.55 Å². The van der Waals surface area contributed by atoms with Gasteiger partial charge < -0.3 is 4.57 Å². The molecular formula is C16H13F3N2. The van der Waals surface area contributed by atoms with Crippen LogP contribution in [0.4, 0.5) is 13.2 Å². The molecule has 0 atom stereocenters. The lowest BCUT2D eigenvalue weighted by Crippen LogP contribution is -2.05. The van der Waals surface area contributed by atoms with E-state index in [2.05, 4.69) is 4.98 Å². The molecule has 5 heteroatoms. The lowest BCUT2D eigenvalue weighted by atomic mass is 10.1. The molecule has 0 bridgehead atoms. The monoisotopic (exact) mass is 290 g/mol. The second-order valence-corrected chi connectivity index (χ2v) is 4.75. The quantitative estimate of drug-likeness (QED) is 0.666. The third kappa shape index (κ3) is 2.39. The zero-order valence-electron chi connectivity index (χ0n) is 11.4. The van der Waals surface area contributed by atoms with Crippen LogP contribution in [0.3, 0.4) is 0 Å². The van der Waals surface area contributed by atoms with Gasteiger partial charge in [0.15, 0.2) is 0 Å². The van der Waals surface area contributed by atoms with Crippen LogP contribution in [0.1, 0.15) is 12.5 Å². The Balaban J connectivity index is 2.21. The Hall–Kier alpha value is -2.30. The zero-order chi connectivity index (χ0) is 15.0. The average Bonchev–Trinajstić information content (AvgIpc) is 2.85. The average molecular weight is 290 g/mol. The van der Waals surface area contributed by atoms with E-state index in [9.17, 15) is 13.2 Å². The first-order valence-electron chi connectivity index (χ1n) is 6.63. The van der Waals surface area contributed by atoms with Gasteiger partial charge in [-0.05, 0) is 31.2 Å². The van der Waals surface area contributed by atoms with Gasteiger partial charge in [0.1, 0.15) is 5.82 Å². The molecule has 0 aliphatic rings. The van der Waals surface area contributed by atoms with Crippen LogP contribution in [0.5, 0.6) is 0 Å². The van der Waals surface area contributed by atoms with E-state index in [-0.39, 0.29) is 0 Å². The number of fused-ring (bicyclic) bond motifs is 1. The fraction of sp³-hybridized carbons (Fsp3) is 0.188. The molecule has 0 saturated carbocycles. The van der Waals surface area contributed by atoms with E-state index in [0.717, 1.165) is 23.2 Å². The molecule has 0 N–H and O–H groups in total. The molecule has 0 saturated heterocycles. The van der Waals surface area contributed by atoms with E-state index >= 15 is 0 Å². The van der Waals surface area contributed by atoms with Crippen LogP contribution in [0.15, 0.2) is 48.5 Å². The van der Waals surface area contributed by atoms with Gasteiger partial charge in [-0.1, -0.05) is 24.3 Å². The van der Waals surface area contributed by atoms with Gasteiger partial charge in [0, 0.05) is 12.1 Å². The minimum Gasteiger partial charge on any atom is -0.324 e. The molecule has 0 unspecified atom stereocenters. The Bertz CT molecular complexity index is 788. The summed E-state index contributed by atoms with van der Waals surface area (Å²) in [6.07, 6.45) is -4.35. The maximum atomic E-state index is 12.8. The summed E-state index contributed by atoms with van der Waals surface area (Å²) in [5, 5.41) is 0. The number of para-hydroxylation sites is 2. The van der Waals surface area contributed by atoms with Gasteiger partial charge in [0.25, 0.3) is 0 Å². The number of aromatic nitrogens is 2. The van der Waals surface area contributed by atoms with E-state index in [1.165, 1.54) is 6.07 Å². The second kappa shape index (κ2) is 4.91. The Labute approximate surface area is 119 Å². The van der Waals surface area contributed by atoms with E-state index < -0.39 is 11.7 Å². The van der Waals surface area contributed by atoms with E-state index in [1.807, 2.05) is 35.8 Å². The smallest absolute Gasteiger partial charge is 0.324 e. The number of imidazole rings is 1. The Kier molecular flexibility index (Phi) is 3.20. The third-order valence-corrected chi connectivity index (χ3v) is 3.42. The molecule has 0 fully saturated rings. The fourth-order valence-electron chi connectivity index (χ4n) is 2.45. The maximum Gasteiger partial charge on any atom is 0.416 e. The third-order valence-electron chi connectivity index (χ3n) is 3.42. The molecule has 2 aromatic carbocycles. The first kappa shape index (κ1) is 13.7. The van der Waals surface area contributed by atoms with Gasteiger partial charge in [-0.15, -0.1) is 0 Å². The largest absolute Gasteiger partial charge is 0.416 e. The number of aryl methyl sites for hydroxylation is 1. The van der Waals surface area contributed by atoms with Crippen molar-refractivity contribution in [3.8, 4) is 11.4 Å². The molecule has 1 heterocycles. The molecule has 3 rings (SSSR count). The van der Waals surface area contributed by atoms with Crippen molar-refractivity contribution in [3.63, 3.8) is 0 Å². The summed E-state index contributed by atoms with van der Waals surface area (Å²) in [5.41, 5.74) is 1.52. The Morgan fingerprint density at radius 3 is 2.52 bits per heavy atom. The number of hydrogen-bond acceptors (Lipinski definition) is 1. The molecule has 0 aliphatic carbocycles. The lowest BCUT2D eigenvalue weighted by Gasteiger charge is -2.10. The summed E-state index contributed by atoms with van der Waals surface area (Å²) in [6, 6.07) is 12.8. The minimum absolute atomic E-state index is 0.475. The van der Waals surface area contributed by atoms with Crippen LogP contribution in [0, 0.1) is 0 Å². The molecule has 3 aromatic rings. The summed E-state index contributed by atoms with van der Waals surface area (Å²) >= 11 is 0. The van der Waals surface area contributed by atoms with Crippen molar-refractivity contribution in [2.24, 2.45) is 0 Å². The van der Waals surface area contributed by atoms with Crippen LogP contribution in [-0.2, 0) is 12.7 Å². The van der Waals surface area contributed by atoms with Gasteiger partial charge in [-0.2, -0.15) is 13.2 Å². The van der Waals surface area contributed by atoms with Gasteiger partial charge in [-0.25, -0.2) is 4.98 Å². The van der Waals surface area contributed by atoms with Crippen molar-refractivity contribution in [2.75, 3.05) is 0 Å². The van der Waals surface area contributed by atoms with Crippen LogP contribution >= 0.6 is 0 Å². The van der Waals surface area contributed by atoms with Gasteiger partial charge in [0.05, 0.1) is 16.6 Å². The highest BCUT2D eigenvalue weighted by Gasteiger charge is 2.30. The SMILES string of the molecule is CCn1c(-c2cccc(C(F)(F)F)c2)nc2ccccc21. The van der Waals surface area contributed by atoms with Crippen molar-refractivity contribution in [2.45, 2.75) is 19.6 Å². The predicted molar refractivity (Wildman–Crippen MR) is 75.8 cm³/mol. The molecule has 0 spiro atoms. The molecule has 0 amide bonds. The highest BCUT2D eigenvalue weighted by Crippen LogP contribution is 2.32. The predicted octanol–water partition coefficient (Wildman–Crippen LogP) is 4.74. The van der Waals surface area contributed by atoms with Crippen molar-refractivity contribution < 1.29 is 13.2 Å². The van der Waals surface area contributed by atoms with Crippen molar-refractivity contribution in [1.29, 1.82) is 0 Å². The normalized spacial score (nSPS) is 12.0. The highest BCUT2D eigenvalue weighted by molar-refractivity contribution is 5.80. The number of halogens is 3. The lowest BCUT2D eigenvalue weighted by molar-refractivity contribution is -0.137. The summed E-state index contributed by atoms with van der Waals surface area (Å²) in [6.45, 7) is 2.59. The van der Waals surface area contributed by atoms with Crippen LogP contribution < -0.4 is 0 Å². The van der Waals surface area contributed by atoms with E-state index in [4.69, 9.17) is 0 Å². The topological polar surface area (TPSA) is 17.8 Å². The second-order valence-electron chi connectivity index (χ2n) is 4.75. The minimum atomic E-state index is -4.35. The molecule has 108 valence electrons. The van der Waals surface area contributed by atoms with Crippen molar-refractivity contribution in [3.05, 3.63) is 54.1 Å². The zero-order valence-corrected chi connectivity index (χ0v) is 11.4. The number of benzene rings is 2. The Morgan fingerprint density at radius 2 is 1.81 bits per heavy atom. The number of nitrogens with zero attached hydrogens (tertiary/aromatic N) is 2. The van der Waals surface area contributed by atoms with Crippen LogP contribution in [0.2, 0.25) is 0 Å². The van der Waals surface area contributed by atoms with Gasteiger partial charge in [-0.3, -0.25) is 0 Å². The summed E-state index contributed by atoms with van der Waals surface area (Å²) in [5.74, 6) is 0.560. The highest BCUT2D eigenvalue weighted by atomic mass is 19.4.